The number of aromatic nitrogens is 3. The van der Waals surface area contributed by atoms with Crippen LogP contribution in [-0.2, 0) is 6.42 Å². The van der Waals surface area contributed by atoms with Gasteiger partial charge in [-0.2, -0.15) is 0 Å². The summed E-state index contributed by atoms with van der Waals surface area (Å²) in [6, 6.07) is 13.0. The van der Waals surface area contributed by atoms with Gasteiger partial charge >= 0.3 is 5.69 Å². The van der Waals surface area contributed by atoms with Gasteiger partial charge in [-0.05, 0) is 55.2 Å². The van der Waals surface area contributed by atoms with Crippen LogP contribution in [0, 0.1) is 13.8 Å². The van der Waals surface area contributed by atoms with Gasteiger partial charge in [0, 0.05) is 23.1 Å². The van der Waals surface area contributed by atoms with E-state index in [1.165, 1.54) is 0 Å². The maximum atomic E-state index is 12.8. The number of nitrogens with zero attached hydrogens (tertiary/aromatic N) is 1. The van der Waals surface area contributed by atoms with Crippen LogP contribution in [0.3, 0.4) is 0 Å². The summed E-state index contributed by atoms with van der Waals surface area (Å²) in [5.41, 5.74) is 4.24. The van der Waals surface area contributed by atoms with E-state index in [2.05, 4.69) is 15.3 Å². The van der Waals surface area contributed by atoms with Crippen LogP contribution < -0.4 is 16.6 Å². The molecule has 4 aromatic rings. The highest BCUT2D eigenvalue weighted by atomic mass is 16.3. The van der Waals surface area contributed by atoms with Crippen molar-refractivity contribution in [2.45, 2.75) is 26.3 Å². The molecule has 152 valence electrons. The van der Waals surface area contributed by atoms with E-state index in [4.69, 9.17) is 0 Å². The molecular formula is C23H22N4O3. The Bertz CT molecular complexity index is 1390. The largest absolute Gasteiger partial charge is 0.494 e. The Hall–Kier alpha value is -3.58. The van der Waals surface area contributed by atoms with Crippen LogP contribution in [0.1, 0.15) is 34.0 Å². The molecule has 0 saturated carbocycles. The van der Waals surface area contributed by atoms with Gasteiger partial charge in [-0.25, -0.2) is 9.36 Å². The van der Waals surface area contributed by atoms with Crippen LogP contribution in [0.5, 0.6) is 5.88 Å². The standard InChI is InChI=1S/C23H22N4O3/c1-12-9-13(2)11-14(10-12)27-22(29)18(21(28)26-23(27)30)20-19-16(7-8-24-20)15-5-3-4-6-17(15)25-19/h3-6,9-11,20,24-25,29H,7-8H2,1-2H3,(H,26,28,30). The topological polar surface area (TPSA) is 103 Å². The fourth-order valence-electron chi connectivity index (χ4n) is 4.54. The molecule has 1 unspecified atom stereocenters. The molecule has 2 aromatic heterocycles. The molecule has 3 heterocycles. The number of para-hydroxylation sites is 1. The zero-order chi connectivity index (χ0) is 21.0. The summed E-state index contributed by atoms with van der Waals surface area (Å²) in [6.45, 7) is 4.50. The van der Waals surface area contributed by atoms with Gasteiger partial charge in [0.2, 0.25) is 5.88 Å². The average molecular weight is 402 g/mol. The van der Waals surface area contributed by atoms with E-state index < -0.39 is 17.3 Å². The lowest BCUT2D eigenvalue weighted by Gasteiger charge is -2.25. The Kier molecular flexibility index (Phi) is 4.15. The van der Waals surface area contributed by atoms with Crippen LogP contribution in [0.25, 0.3) is 16.6 Å². The molecule has 30 heavy (non-hydrogen) atoms. The van der Waals surface area contributed by atoms with Gasteiger partial charge in [-0.15, -0.1) is 0 Å². The van der Waals surface area contributed by atoms with Gasteiger partial charge in [-0.3, -0.25) is 9.78 Å². The minimum atomic E-state index is -0.668. The number of aromatic hydroxyl groups is 1. The van der Waals surface area contributed by atoms with Crippen molar-refractivity contribution in [1.82, 2.24) is 19.9 Å². The Morgan fingerprint density at radius 3 is 2.53 bits per heavy atom. The molecule has 1 atom stereocenters. The average Bonchev–Trinajstić information content (AvgIpc) is 3.06. The Labute approximate surface area is 172 Å². The van der Waals surface area contributed by atoms with Crippen molar-refractivity contribution < 1.29 is 5.11 Å². The molecule has 0 fully saturated rings. The Balaban J connectivity index is 1.76. The molecule has 0 aliphatic carbocycles. The van der Waals surface area contributed by atoms with Crippen molar-refractivity contribution >= 4 is 10.9 Å². The lowest BCUT2D eigenvalue weighted by molar-refractivity contribution is 0.409. The number of hydrogen-bond acceptors (Lipinski definition) is 4. The normalized spacial score (nSPS) is 16.0. The minimum absolute atomic E-state index is 0.126. The third kappa shape index (κ3) is 2.78. The number of rotatable bonds is 2. The highest BCUT2D eigenvalue weighted by Crippen LogP contribution is 2.35. The van der Waals surface area contributed by atoms with Gasteiger partial charge in [0.05, 0.1) is 11.7 Å². The third-order valence-corrected chi connectivity index (χ3v) is 5.73. The summed E-state index contributed by atoms with van der Waals surface area (Å²) in [7, 11) is 0. The number of hydrogen-bond donors (Lipinski definition) is 4. The second-order valence-electron chi connectivity index (χ2n) is 7.88. The fraction of sp³-hybridized carbons (Fsp3) is 0.217. The van der Waals surface area contributed by atoms with Crippen molar-refractivity contribution in [3.63, 3.8) is 0 Å². The van der Waals surface area contributed by atoms with E-state index in [-0.39, 0.29) is 11.4 Å². The molecule has 0 saturated heterocycles. The van der Waals surface area contributed by atoms with E-state index in [1.807, 2.05) is 44.2 Å². The molecule has 5 rings (SSSR count). The maximum absolute atomic E-state index is 12.8. The monoisotopic (exact) mass is 402 g/mol. The van der Waals surface area contributed by atoms with Crippen molar-refractivity contribution in [2.24, 2.45) is 0 Å². The molecular weight excluding hydrogens is 380 g/mol. The molecule has 2 aromatic carbocycles. The zero-order valence-electron chi connectivity index (χ0n) is 16.7. The van der Waals surface area contributed by atoms with Crippen LogP contribution in [0.15, 0.2) is 52.1 Å². The smallest absolute Gasteiger partial charge is 0.335 e. The first-order chi connectivity index (χ1) is 14.4. The van der Waals surface area contributed by atoms with Gasteiger partial charge in [0.25, 0.3) is 5.56 Å². The maximum Gasteiger partial charge on any atom is 0.335 e. The summed E-state index contributed by atoms with van der Waals surface area (Å²) in [4.78, 5) is 31.2. The van der Waals surface area contributed by atoms with Crippen LogP contribution in [-0.4, -0.2) is 26.2 Å². The van der Waals surface area contributed by atoms with E-state index in [9.17, 15) is 14.7 Å². The predicted molar refractivity (Wildman–Crippen MR) is 116 cm³/mol. The quantitative estimate of drug-likeness (QED) is 0.414. The number of aryl methyl sites for hydroxylation is 2. The van der Waals surface area contributed by atoms with Gasteiger partial charge < -0.3 is 15.4 Å². The van der Waals surface area contributed by atoms with E-state index in [0.29, 0.717) is 12.2 Å². The highest BCUT2D eigenvalue weighted by molar-refractivity contribution is 5.85. The van der Waals surface area contributed by atoms with Gasteiger partial charge in [-0.1, -0.05) is 24.3 Å². The molecule has 1 aliphatic rings. The Morgan fingerprint density at radius 2 is 1.77 bits per heavy atom. The second kappa shape index (κ2) is 6.74. The fourth-order valence-corrected chi connectivity index (χ4v) is 4.54. The van der Waals surface area contributed by atoms with E-state index in [0.717, 1.165) is 44.3 Å². The zero-order valence-corrected chi connectivity index (χ0v) is 16.7. The molecule has 4 N–H and O–H groups in total. The van der Waals surface area contributed by atoms with Crippen molar-refractivity contribution in [2.75, 3.05) is 6.54 Å². The van der Waals surface area contributed by atoms with E-state index in [1.54, 1.807) is 12.1 Å². The molecule has 1 aliphatic heterocycles. The first-order valence-electron chi connectivity index (χ1n) is 9.94. The molecule has 0 radical (unpaired) electrons. The second-order valence-corrected chi connectivity index (χ2v) is 7.88. The summed E-state index contributed by atoms with van der Waals surface area (Å²) in [5.74, 6) is -0.349. The summed E-state index contributed by atoms with van der Waals surface area (Å²) >= 11 is 0. The van der Waals surface area contributed by atoms with Crippen molar-refractivity contribution in [3.8, 4) is 11.6 Å². The van der Waals surface area contributed by atoms with Gasteiger partial charge in [0.1, 0.15) is 5.56 Å². The molecule has 0 bridgehead atoms. The Morgan fingerprint density at radius 1 is 1.03 bits per heavy atom. The summed E-state index contributed by atoms with van der Waals surface area (Å²) < 4.78 is 1.16. The lowest BCUT2D eigenvalue weighted by atomic mass is 9.95. The number of benzene rings is 2. The predicted octanol–water partition coefficient (Wildman–Crippen LogP) is 2.56. The first kappa shape index (κ1) is 18.4. The minimum Gasteiger partial charge on any atom is -0.494 e. The highest BCUT2D eigenvalue weighted by Gasteiger charge is 2.31. The van der Waals surface area contributed by atoms with Gasteiger partial charge in [0.15, 0.2) is 0 Å². The van der Waals surface area contributed by atoms with Crippen molar-refractivity contribution in [3.05, 3.63) is 91.3 Å². The third-order valence-electron chi connectivity index (χ3n) is 5.73. The summed E-state index contributed by atoms with van der Waals surface area (Å²) in [5, 5.41) is 15.6. The SMILES string of the molecule is Cc1cc(C)cc(-n2c(O)c(C3NCCc4c3[nH]c3ccccc43)c(=O)[nH]c2=O)c1. The van der Waals surface area contributed by atoms with E-state index >= 15 is 0 Å². The van der Waals surface area contributed by atoms with Crippen molar-refractivity contribution in [1.29, 1.82) is 0 Å². The molecule has 7 nitrogen and oxygen atoms in total. The number of H-pyrrole nitrogens is 2. The van der Waals surface area contributed by atoms with Crippen LogP contribution >= 0.6 is 0 Å². The molecule has 0 amide bonds. The molecule has 7 heteroatoms. The lowest BCUT2D eigenvalue weighted by Crippen LogP contribution is -2.38. The molecule has 0 spiro atoms. The number of aromatic amines is 2. The van der Waals surface area contributed by atoms with Crippen LogP contribution in [0.4, 0.5) is 0 Å². The summed E-state index contributed by atoms with van der Waals surface area (Å²) in [6.07, 6.45) is 0.811. The van der Waals surface area contributed by atoms with Crippen LogP contribution in [0.2, 0.25) is 0 Å². The number of fused-ring (bicyclic) bond motifs is 3. The number of nitrogens with one attached hydrogen (secondary N) is 3. The first-order valence-corrected chi connectivity index (χ1v) is 9.94.